The largest absolute Gasteiger partial charge is 0.416 e. The summed E-state index contributed by atoms with van der Waals surface area (Å²) in [6.07, 6.45) is -2.29. The molecule has 1 aliphatic carbocycles. The smallest absolute Gasteiger partial charge is 0.387 e. The molecule has 2 aromatic rings. The number of hydrogen-bond donors (Lipinski definition) is 2. The summed E-state index contributed by atoms with van der Waals surface area (Å²) < 4.78 is 39.2. The van der Waals surface area contributed by atoms with Crippen molar-refractivity contribution in [3.05, 3.63) is 53.0 Å². The third kappa shape index (κ3) is 4.52. The van der Waals surface area contributed by atoms with Crippen molar-refractivity contribution in [2.45, 2.75) is 56.3 Å². The van der Waals surface area contributed by atoms with Gasteiger partial charge in [0.2, 0.25) is 11.8 Å². The summed E-state index contributed by atoms with van der Waals surface area (Å²) in [5, 5.41) is 13.1. The lowest BCUT2D eigenvalue weighted by Gasteiger charge is -2.38. The number of fused-ring (bicyclic) bond motifs is 1. The molecule has 2 N–H and O–H groups in total. The second-order valence-corrected chi connectivity index (χ2v) is 9.77. The van der Waals surface area contributed by atoms with E-state index in [2.05, 4.69) is 20.2 Å². The lowest BCUT2D eigenvalue weighted by atomic mass is 9.88. The first-order valence-corrected chi connectivity index (χ1v) is 12.2. The molecule has 1 aromatic carbocycles. The molecule has 8 nitrogen and oxygen atoms in total. The Morgan fingerprint density at radius 2 is 1.83 bits per heavy atom. The van der Waals surface area contributed by atoms with Gasteiger partial charge in [-0.1, -0.05) is 19.1 Å². The maximum atomic E-state index is 13.7. The van der Waals surface area contributed by atoms with Gasteiger partial charge in [-0.05, 0) is 36.5 Å². The van der Waals surface area contributed by atoms with Crippen LogP contribution in [-0.2, 0) is 15.8 Å². The van der Waals surface area contributed by atoms with E-state index in [4.69, 9.17) is 0 Å². The number of nitrogens with one attached hydrogen (secondary N) is 1. The first-order valence-electron chi connectivity index (χ1n) is 12.2. The van der Waals surface area contributed by atoms with Crippen molar-refractivity contribution in [1.82, 2.24) is 20.2 Å². The molecule has 2 amide bonds. The van der Waals surface area contributed by atoms with E-state index in [0.29, 0.717) is 50.3 Å². The normalized spacial score (nSPS) is 25.0. The Kier molecular flexibility index (Phi) is 6.36. The molecule has 36 heavy (non-hydrogen) atoms. The van der Waals surface area contributed by atoms with Crippen molar-refractivity contribution >= 4 is 17.6 Å². The molecule has 0 radical (unpaired) electrons. The number of benzene rings is 1. The van der Waals surface area contributed by atoms with E-state index in [1.807, 2.05) is 6.92 Å². The van der Waals surface area contributed by atoms with Crippen molar-refractivity contribution < 1.29 is 27.9 Å². The number of hydrogen-bond acceptors (Lipinski definition) is 6. The number of rotatable bonds is 4. The van der Waals surface area contributed by atoms with Crippen LogP contribution in [0, 0.1) is 0 Å². The molecule has 2 fully saturated rings. The molecule has 3 heterocycles. The highest BCUT2D eigenvalue weighted by Crippen LogP contribution is 2.43. The number of aliphatic hydroxyl groups excluding tert-OH is 1. The van der Waals surface area contributed by atoms with E-state index >= 15 is 0 Å². The molecule has 2 aliphatic heterocycles. The topological polar surface area (TPSA) is 98.7 Å². The first kappa shape index (κ1) is 24.5. The van der Waals surface area contributed by atoms with Crippen LogP contribution in [0.1, 0.15) is 66.5 Å². The quantitative estimate of drug-likeness (QED) is 0.666. The number of nitrogens with zero attached hydrogens (tertiary/aromatic N) is 4. The van der Waals surface area contributed by atoms with Crippen LogP contribution >= 0.6 is 0 Å². The van der Waals surface area contributed by atoms with Crippen LogP contribution in [0.2, 0.25) is 0 Å². The van der Waals surface area contributed by atoms with E-state index in [0.717, 1.165) is 23.5 Å². The van der Waals surface area contributed by atoms with E-state index in [1.54, 1.807) is 4.90 Å². The van der Waals surface area contributed by atoms with E-state index < -0.39 is 29.8 Å². The fourth-order valence-corrected chi connectivity index (χ4v) is 5.60. The number of piperazine rings is 1. The molecule has 0 bridgehead atoms. The maximum absolute atomic E-state index is 13.7. The molecule has 11 heteroatoms. The van der Waals surface area contributed by atoms with Gasteiger partial charge in [0.1, 0.15) is 12.1 Å². The van der Waals surface area contributed by atoms with E-state index in [-0.39, 0.29) is 24.2 Å². The van der Waals surface area contributed by atoms with E-state index in [1.165, 1.54) is 18.5 Å². The third-order valence-corrected chi connectivity index (χ3v) is 7.46. The molecule has 0 spiro atoms. The van der Waals surface area contributed by atoms with Crippen LogP contribution in [0.5, 0.6) is 0 Å². The SMILES string of the molecule is C[C@@H]1C[C@@H](O)c2ncnc(N3CCN(C(=O)[C@@H](c4ccc(C(F)(F)F)cc4)[C@H]4CCC(=O)N4)CC3)c21. The third-order valence-electron chi connectivity index (χ3n) is 7.46. The summed E-state index contributed by atoms with van der Waals surface area (Å²) in [4.78, 5) is 38.1. The summed E-state index contributed by atoms with van der Waals surface area (Å²) in [6.45, 7) is 3.90. The number of aromatic nitrogens is 2. The van der Waals surface area contributed by atoms with Gasteiger partial charge in [-0.3, -0.25) is 9.59 Å². The fraction of sp³-hybridized carbons (Fsp3) is 0.520. The van der Waals surface area contributed by atoms with Crippen LogP contribution in [0.25, 0.3) is 0 Å². The zero-order valence-electron chi connectivity index (χ0n) is 19.8. The van der Waals surface area contributed by atoms with Gasteiger partial charge in [-0.25, -0.2) is 9.97 Å². The Morgan fingerprint density at radius 1 is 1.14 bits per heavy atom. The Labute approximate surface area is 206 Å². The monoisotopic (exact) mass is 503 g/mol. The summed E-state index contributed by atoms with van der Waals surface area (Å²) in [5.41, 5.74) is 1.28. The molecular formula is C25H28F3N5O3. The Morgan fingerprint density at radius 3 is 2.44 bits per heavy atom. The molecule has 2 saturated heterocycles. The van der Waals surface area contributed by atoms with Crippen molar-refractivity contribution in [2.24, 2.45) is 0 Å². The Bertz CT molecular complexity index is 1150. The van der Waals surface area contributed by atoms with Crippen LogP contribution in [0.3, 0.4) is 0 Å². The average Bonchev–Trinajstić information content (AvgIpc) is 3.41. The summed E-state index contributed by atoms with van der Waals surface area (Å²) in [5.74, 6) is -0.232. The number of anilines is 1. The maximum Gasteiger partial charge on any atom is 0.416 e. The van der Waals surface area contributed by atoms with Crippen molar-refractivity contribution in [3.63, 3.8) is 0 Å². The highest BCUT2D eigenvalue weighted by Gasteiger charge is 2.39. The summed E-state index contributed by atoms with van der Waals surface area (Å²) in [6, 6.07) is 4.17. The molecule has 0 saturated carbocycles. The number of alkyl halides is 3. The molecule has 5 rings (SSSR count). The number of amides is 2. The van der Waals surface area contributed by atoms with Gasteiger partial charge in [0.15, 0.2) is 0 Å². The zero-order chi connectivity index (χ0) is 25.6. The lowest BCUT2D eigenvalue weighted by Crippen LogP contribution is -2.52. The van der Waals surface area contributed by atoms with Crippen LogP contribution < -0.4 is 10.2 Å². The van der Waals surface area contributed by atoms with Gasteiger partial charge in [-0.2, -0.15) is 13.2 Å². The highest BCUT2D eigenvalue weighted by atomic mass is 19.4. The lowest BCUT2D eigenvalue weighted by molar-refractivity contribution is -0.137. The van der Waals surface area contributed by atoms with Gasteiger partial charge >= 0.3 is 6.18 Å². The Hall–Kier alpha value is -3.21. The minimum Gasteiger partial charge on any atom is -0.387 e. The van der Waals surface area contributed by atoms with Gasteiger partial charge in [0, 0.05) is 44.2 Å². The van der Waals surface area contributed by atoms with Gasteiger partial charge < -0.3 is 20.2 Å². The average molecular weight is 504 g/mol. The summed E-state index contributed by atoms with van der Waals surface area (Å²) >= 11 is 0. The van der Waals surface area contributed by atoms with Crippen LogP contribution in [0.4, 0.5) is 19.0 Å². The number of aliphatic hydroxyl groups is 1. The molecule has 0 unspecified atom stereocenters. The number of carbonyl (C=O) groups is 2. The molecule has 4 atom stereocenters. The highest BCUT2D eigenvalue weighted by molar-refractivity contribution is 5.87. The second-order valence-electron chi connectivity index (χ2n) is 9.77. The Balaban J connectivity index is 1.34. The number of halogens is 3. The van der Waals surface area contributed by atoms with Gasteiger partial charge in [0.25, 0.3) is 0 Å². The zero-order valence-corrected chi connectivity index (χ0v) is 19.8. The minimum atomic E-state index is -4.47. The van der Waals surface area contributed by atoms with Crippen molar-refractivity contribution in [1.29, 1.82) is 0 Å². The van der Waals surface area contributed by atoms with Gasteiger partial charge in [-0.15, -0.1) is 0 Å². The summed E-state index contributed by atoms with van der Waals surface area (Å²) in [7, 11) is 0. The van der Waals surface area contributed by atoms with Gasteiger partial charge in [0.05, 0.1) is 23.3 Å². The first-order chi connectivity index (χ1) is 17.1. The van der Waals surface area contributed by atoms with Crippen molar-refractivity contribution in [2.75, 3.05) is 31.1 Å². The molecular weight excluding hydrogens is 475 g/mol. The molecule has 192 valence electrons. The molecule has 3 aliphatic rings. The standard InChI is InChI=1S/C25H28F3N5O3/c1-14-12-18(34)22-20(14)23(30-13-29-22)32-8-10-33(11-9-32)24(36)21(17-6-7-19(35)31-17)15-2-4-16(5-3-15)25(26,27)28/h2-5,13-14,17-18,21,34H,6-12H2,1H3,(H,31,35)/t14-,17-,18-,21+/m1/s1. The predicted molar refractivity (Wildman–Crippen MR) is 124 cm³/mol. The van der Waals surface area contributed by atoms with E-state index in [9.17, 15) is 27.9 Å². The molecule has 1 aromatic heterocycles. The van der Waals surface area contributed by atoms with Crippen LogP contribution in [-0.4, -0.2) is 64.0 Å². The van der Waals surface area contributed by atoms with Crippen LogP contribution in [0.15, 0.2) is 30.6 Å². The fourth-order valence-electron chi connectivity index (χ4n) is 5.60. The minimum absolute atomic E-state index is 0.126. The second kappa shape index (κ2) is 9.34. The predicted octanol–water partition coefficient (Wildman–Crippen LogP) is 2.75. The number of carbonyl (C=O) groups excluding carboxylic acids is 2. The van der Waals surface area contributed by atoms with Crippen molar-refractivity contribution in [3.8, 4) is 0 Å².